The molecule has 8 heteroatoms. The molecule has 2 fully saturated rings. The third kappa shape index (κ3) is 4.51. The van der Waals surface area contributed by atoms with E-state index >= 15 is 0 Å². The van der Waals surface area contributed by atoms with Crippen LogP contribution in [-0.2, 0) is 4.74 Å². The van der Waals surface area contributed by atoms with E-state index in [1.807, 2.05) is 0 Å². The molecule has 2 aliphatic heterocycles. The predicted octanol–water partition coefficient (Wildman–Crippen LogP) is 4.73. The Morgan fingerprint density at radius 2 is 1.86 bits per heavy atom. The molecule has 28 heavy (non-hydrogen) atoms. The average molecular weight is 414 g/mol. The van der Waals surface area contributed by atoms with E-state index in [2.05, 4.69) is 0 Å². The number of amides is 1. The highest BCUT2D eigenvalue weighted by Crippen LogP contribution is 2.39. The van der Waals surface area contributed by atoms with Crippen LogP contribution in [0.4, 0.5) is 9.18 Å². The number of benzene rings is 1. The van der Waals surface area contributed by atoms with Crippen molar-refractivity contribution in [3.05, 3.63) is 28.5 Å². The molecule has 0 radical (unpaired) electrons. The van der Waals surface area contributed by atoms with Crippen molar-refractivity contribution in [3.63, 3.8) is 0 Å². The first-order chi connectivity index (χ1) is 13.0. The molecule has 2 saturated heterocycles. The number of fused-ring (bicyclic) bond motifs is 2. The molecule has 0 aromatic heterocycles. The van der Waals surface area contributed by atoms with Crippen molar-refractivity contribution in [1.29, 1.82) is 0 Å². The van der Waals surface area contributed by atoms with Gasteiger partial charge in [0.25, 0.3) is 0 Å². The Kier molecular flexibility index (Phi) is 5.75. The maximum atomic E-state index is 14.4. The maximum Gasteiger partial charge on any atom is 0.407 e. The Morgan fingerprint density at radius 3 is 2.39 bits per heavy atom. The van der Waals surface area contributed by atoms with Gasteiger partial charge < -0.3 is 19.5 Å². The number of nitrogens with zero attached hydrogens (tertiary/aromatic N) is 1. The van der Waals surface area contributed by atoms with Crippen molar-refractivity contribution in [2.75, 3.05) is 6.61 Å². The summed E-state index contributed by atoms with van der Waals surface area (Å²) in [4.78, 5) is 25.0. The fourth-order valence-electron chi connectivity index (χ4n) is 4.07. The van der Waals surface area contributed by atoms with Crippen molar-refractivity contribution in [3.8, 4) is 5.75 Å². The second kappa shape index (κ2) is 7.78. The van der Waals surface area contributed by atoms with Gasteiger partial charge in [0, 0.05) is 18.2 Å². The van der Waals surface area contributed by atoms with Crippen molar-refractivity contribution in [2.24, 2.45) is 5.92 Å². The van der Waals surface area contributed by atoms with Crippen LogP contribution in [0.3, 0.4) is 0 Å². The number of esters is 1. The normalized spacial score (nSPS) is 24.2. The summed E-state index contributed by atoms with van der Waals surface area (Å²) in [5.41, 5.74) is -0.977. The van der Waals surface area contributed by atoms with Gasteiger partial charge in [0.1, 0.15) is 17.2 Å². The Hall–Kier alpha value is -2.02. The standard InChI is InChI=1S/C20H25ClFNO5/c1-20(2,3)28-18(24)14-8-15(21)17(9-16(14)22)27-10-11-6-12-4-5-13(7-11)23(12)19(25)26/h8-9,11-13H,4-7,10H2,1-3H3,(H,25,26). The number of hydrogen-bond donors (Lipinski definition) is 1. The van der Waals surface area contributed by atoms with E-state index in [1.165, 1.54) is 6.07 Å². The molecule has 2 unspecified atom stereocenters. The van der Waals surface area contributed by atoms with Gasteiger partial charge in [-0.05, 0) is 58.4 Å². The van der Waals surface area contributed by atoms with Crippen LogP contribution in [0.1, 0.15) is 56.8 Å². The maximum absolute atomic E-state index is 14.4. The fourth-order valence-corrected chi connectivity index (χ4v) is 4.29. The highest BCUT2D eigenvalue weighted by atomic mass is 35.5. The summed E-state index contributed by atoms with van der Waals surface area (Å²) < 4.78 is 25.3. The molecule has 1 aromatic rings. The predicted molar refractivity (Wildman–Crippen MR) is 101 cm³/mol. The van der Waals surface area contributed by atoms with Crippen LogP contribution in [0.2, 0.25) is 5.02 Å². The van der Waals surface area contributed by atoms with E-state index in [-0.39, 0.29) is 34.3 Å². The van der Waals surface area contributed by atoms with Crippen LogP contribution in [0.15, 0.2) is 12.1 Å². The van der Waals surface area contributed by atoms with Gasteiger partial charge in [-0.2, -0.15) is 0 Å². The summed E-state index contributed by atoms with van der Waals surface area (Å²) in [6.45, 7) is 5.42. The van der Waals surface area contributed by atoms with Gasteiger partial charge in [-0.25, -0.2) is 14.0 Å². The first-order valence-electron chi connectivity index (χ1n) is 9.41. The quantitative estimate of drug-likeness (QED) is 0.722. The third-order valence-electron chi connectivity index (χ3n) is 5.17. The van der Waals surface area contributed by atoms with E-state index in [0.717, 1.165) is 31.7 Å². The van der Waals surface area contributed by atoms with Crippen LogP contribution in [0.5, 0.6) is 5.75 Å². The van der Waals surface area contributed by atoms with Gasteiger partial charge in [-0.1, -0.05) is 11.6 Å². The lowest BCUT2D eigenvalue weighted by Gasteiger charge is -2.36. The molecule has 154 valence electrons. The molecule has 6 nitrogen and oxygen atoms in total. The monoisotopic (exact) mass is 413 g/mol. The molecule has 0 saturated carbocycles. The highest BCUT2D eigenvalue weighted by Gasteiger charge is 2.43. The van der Waals surface area contributed by atoms with Crippen LogP contribution >= 0.6 is 11.6 Å². The molecule has 1 amide bonds. The number of halogens is 2. The Bertz CT molecular complexity index is 765. The van der Waals surface area contributed by atoms with E-state index in [0.29, 0.717) is 6.61 Å². The smallest absolute Gasteiger partial charge is 0.407 e. The topological polar surface area (TPSA) is 76.1 Å². The molecule has 1 aromatic carbocycles. The SMILES string of the molecule is CC(C)(C)OC(=O)c1cc(Cl)c(OCC2CC3CCC(C2)N3C(=O)O)cc1F. The van der Waals surface area contributed by atoms with Gasteiger partial charge in [0.15, 0.2) is 0 Å². The van der Waals surface area contributed by atoms with Crippen molar-refractivity contribution in [1.82, 2.24) is 4.90 Å². The molecule has 1 N–H and O–H groups in total. The Balaban J connectivity index is 1.64. The summed E-state index contributed by atoms with van der Waals surface area (Å²) in [5.74, 6) is -1.19. The summed E-state index contributed by atoms with van der Waals surface area (Å²) in [6.07, 6.45) is 2.31. The number of carbonyl (C=O) groups is 2. The molecule has 2 bridgehead atoms. The van der Waals surface area contributed by atoms with E-state index in [1.54, 1.807) is 25.7 Å². The largest absolute Gasteiger partial charge is 0.492 e. The van der Waals surface area contributed by atoms with Gasteiger partial charge in [0.05, 0.1) is 17.2 Å². The lowest BCUT2D eigenvalue weighted by Crippen LogP contribution is -2.46. The number of rotatable bonds is 4. The first-order valence-corrected chi connectivity index (χ1v) is 9.79. The number of piperidine rings is 1. The van der Waals surface area contributed by atoms with Gasteiger partial charge in [0.2, 0.25) is 0 Å². The number of hydrogen-bond acceptors (Lipinski definition) is 4. The molecular formula is C20H25ClFNO5. The van der Waals surface area contributed by atoms with Crippen molar-refractivity contribution in [2.45, 2.75) is 64.1 Å². The molecule has 3 rings (SSSR count). The van der Waals surface area contributed by atoms with Crippen LogP contribution in [0, 0.1) is 11.7 Å². The number of carboxylic acid groups (broad SMARTS) is 1. The van der Waals surface area contributed by atoms with Crippen molar-refractivity contribution >= 4 is 23.7 Å². The first kappa shape index (κ1) is 20.7. The summed E-state index contributed by atoms with van der Waals surface area (Å²) in [5, 5.41) is 9.45. The lowest BCUT2D eigenvalue weighted by atomic mass is 9.92. The van der Waals surface area contributed by atoms with Gasteiger partial charge in [-0.3, -0.25) is 0 Å². The van der Waals surface area contributed by atoms with Crippen molar-refractivity contribution < 1.29 is 28.6 Å². The minimum atomic E-state index is -0.866. The third-order valence-corrected chi connectivity index (χ3v) is 5.46. The number of ether oxygens (including phenoxy) is 2. The van der Waals surface area contributed by atoms with E-state index in [9.17, 15) is 19.1 Å². The van der Waals surface area contributed by atoms with Crippen LogP contribution < -0.4 is 4.74 Å². The Morgan fingerprint density at radius 1 is 1.25 bits per heavy atom. The zero-order chi connectivity index (χ0) is 20.6. The second-order valence-corrected chi connectivity index (χ2v) is 8.89. The molecule has 2 aliphatic rings. The fraction of sp³-hybridized carbons (Fsp3) is 0.600. The second-order valence-electron chi connectivity index (χ2n) is 8.49. The number of carbonyl (C=O) groups excluding carboxylic acids is 1. The van der Waals surface area contributed by atoms with Crippen LogP contribution in [0.25, 0.3) is 0 Å². The highest BCUT2D eigenvalue weighted by molar-refractivity contribution is 6.32. The minimum Gasteiger partial charge on any atom is -0.492 e. The van der Waals surface area contributed by atoms with E-state index in [4.69, 9.17) is 21.1 Å². The average Bonchev–Trinajstić information content (AvgIpc) is 2.85. The minimum absolute atomic E-state index is 0.0200. The summed E-state index contributed by atoms with van der Waals surface area (Å²) in [7, 11) is 0. The molecule has 2 heterocycles. The molecule has 0 aliphatic carbocycles. The summed E-state index contributed by atoms with van der Waals surface area (Å²) >= 11 is 6.18. The Labute approximate surface area is 168 Å². The molecule has 2 atom stereocenters. The van der Waals surface area contributed by atoms with E-state index < -0.39 is 23.5 Å². The lowest BCUT2D eigenvalue weighted by molar-refractivity contribution is 0.00643. The molecule has 0 spiro atoms. The zero-order valence-electron chi connectivity index (χ0n) is 16.2. The molecular weight excluding hydrogens is 389 g/mol. The zero-order valence-corrected chi connectivity index (χ0v) is 17.0. The summed E-state index contributed by atoms with van der Waals surface area (Å²) in [6, 6.07) is 2.36. The van der Waals surface area contributed by atoms with Gasteiger partial charge >= 0.3 is 12.1 Å². The van der Waals surface area contributed by atoms with Gasteiger partial charge in [-0.15, -0.1) is 0 Å². The van der Waals surface area contributed by atoms with Crippen LogP contribution in [-0.4, -0.2) is 46.4 Å².